The molecule has 0 bridgehead atoms. The van der Waals surface area contributed by atoms with E-state index in [-0.39, 0.29) is 24.9 Å². The van der Waals surface area contributed by atoms with Gasteiger partial charge in [0.05, 0.1) is 6.42 Å². The number of nitrogens with zero attached hydrogens (tertiary/aromatic N) is 1. The maximum Gasteiger partial charge on any atom is 0.305 e. The monoisotopic (exact) mass is 214 g/mol. The number of carbonyl (C=O) groups excluding carboxylic acids is 1. The van der Waals surface area contributed by atoms with Gasteiger partial charge in [0.25, 0.3) is 0 Å². The van der Waals surface area contributed by atoms with Crippen molar-refractivity contribution in [3.8, 4) is 0 Å². The fourth-order valence-corrected chi connectivity index (χ4v) is 1.44. The summed E-state index contributed by atoms with van der Waals surface area (Å²) in [6, 6.07) is -0.0511. The molecule has 1 fully saturated rings. The Morgan fingerprint density at radius 2 is 2.13 bits per heavy atom. The minimum absolute atomic E-state index is 0.0130. The number of hydrogen-bond acceptors (Lipinski definition) is 3. The lowest BCUT2D eigenvalue weighted by Gasteiger charge is -2.18. The highest BCUT2D eigenvalue weighted by Crippen LogP contribution is 2.32. The van der Waals surface area contributed by atoms with Gasteiger partial charge in [0.1, 0.15) is 0 Å². The third-order valence-corrected chi connectivity index (χ3v) is 2.72. The summed E-state index contributed by atoms with van der Waals surface area (Å²) in [6.07, 6.45) is 2.56. The summed E-state index contributed by atoms with van der Waals surface area (Å²) in [5, 5.41) is 8.46. The van der Waals surface area contributed by atoms with Gasteiger partial charge in [-0.15, -0.1) is 0 Å². The molecule has 0 radical (unpaired) electrons. The lowest BCUT2D eigenvalue weighted by molar-refractivity contribution is -0.138. The zero-order valence-corrected chi connectivity index (χ0v) is 8.98. The molecule has 15 heavy (non-hydrogen) atoms. The molecular weight excluding hydrogens is 196 g/mol. The van der Waals surface area contributed by atoms with Crippen LogP contribution in [0.15, 0.2) is 0 Å². The average Bonchev–Trinajstić information content (AvgIpc) is 2.96. The lowest BCUT2D eigenvalue weighted by atomic mass is 10.1. The van der Waals surface area contributed by atoms with Gasteiger partial charge < -0.3 is 15.7 Å². The highest BCUT2D eigenvalue weighted by atomic mass is 16.4. The first-order chi connectivity index (χ1) is 7.00. The van der Waals surface area contributed by atoms with Crippen LogP contribution in [0.4, 0.5) is 0 Å². The van der Waals surface area contributed by atoms with Crippen molar-refractivity contribution in [3.63, 3.8) is 0 Å². The van der Waals surface area contributed by atoms with Gasteiger partial charge in [-0.2, -0.15) is 0 Å². The van der Waals surface area contributed by atoms with Crippen molar-refractivity contribution in [2.45, 2.75) is 31.7 Å². The number of carboxylic acid groups (broad SMARTS) is 1. The molecule has 1 rings (SSSR count). The number of carbonyl (C=O) groups is 2. The quantitative estimate of drug-likeness (QED) is 0.654. The topological polar surface area (TPSA) is 83.6 Å². The van der Waals surface area contributed by atoms with Gasteiger partial charge >= 0.3 is 5.97 Å². The largest absolute Gasteiger partial charge is 0.481 e. The molecule has 1 unspecified atom stereocenters. The van der Waals surface area contributed by atoms with Crippen molar-refractivity contribution in [2.75, 3.05) is 13.6 Å². The minimum atomic E-state index is -0.888. The molecule has 3 N–H and O–H groups in total. The van der Waals surface area contributed by atoms with Gasteiger partial charge in [0.15, 0.2) is 0 Å². The van der Waals surface area contributed by atoms with Crippen molar-refractivity contribution in [3.05, 3.63) is 0 Å². The third kappa shape index (κ3) is 4.29. The number of rotatable bonds is 6. The zero-order valence-electron chi connectivity index (χ0n) is 8.98. The van der Waals surface area contributed by atoms with E-state index in [1.165, 1.54) is 4.90 Å². The molecule has 0 aliphatic heterocycles. The SMILES string of the molecule is CN(CCC(=O)O)C(=O)CC(N)C1CC1. The number of amides is 1. The van der Waals surface area contributed by atoms with Crippen LogP contribution in [0.3, 0.4) is 0 Å². The second-order valence-electron chi connectivity index (χ2n) is 4.16. The molecule has 0 aromatic carbocycles. The third-order valence-electron chi connectivity index (χ3n) is 2.72. The van der Waals surface area contributed by atoms with Crippen molar-refractivity contribution in [1.82, 2.24) is 4.90 Å². The van der Waals surface area contributed by atoms with E-state index in [2.05, 4.69) is 0 Å². The van der Waals surface area contributed by atoms with Crippen LogP contribution in [-0.2, 0) is 9.59 Å². The van der Waals surface area contributed by atoms with E-state index < -0.39 is 5.97 Å². The van der Waals surface area contributed by atoms with Gasteiger partial charge in [-0.25, -0.2) is 0 Å². The Hall–Kier alpha value is -1.10. The average molecular weight is 214 g/mol. The van der Waals surface area contributed by atoms with Crippen LogP contribution in [-0.4, -0.2) is 41.5 Å². The smallest absolute Gasteiger partial charge is 0.305 e. The van der Waals surface area contributed by atoms with Gasteiger partial charge in [-0.3, -0.25) is 9.59 Å². The van der Waals surface area contributed by atoms with Crippen molar-refractivity contribution >= 4 is 11.9 Å². The standard InChI is InChI=1S/C10H18N2O3/c1-12(5-4-10(14)15)9(13)6-8(11)7-2-3-7/h7-8H,2-6,11H2,1H3,(H,14,15). The van der Waals surface area contributed by atoms with E-state index in [1.54, 1.807) is 7.05 Å². The van der Waals surface area contributed by atoms with Crippen LogP contribution in [0, 0.1) is 5.92 Å². The maximum absolute atomic E-state index is 11.6. The Kier molecular flexibility index (Phi) is 4.08. The molecule has 0 aromatic rings. The first kappa shape index (κ1) is 12.0. The van der Waals surface area contributed by atoms with Gasteiger partial charge in [-0.1, -0.05) is 0 Å². The molecule has 1 aliphatic carbocycles. The van der Waals surface area contributed by atoms with Crippen LogP contribution in [0.5, 0.6) is 0 Å². The Labute approximate surface area is 89.2 Å². The summed E-state index contributed by atoms with van der Waals surface area (Å²) < 4.78 is 0. The summed E-state index contributed by atoms with van der Waals surface area (Å²) in [4.78, 5) is 23.3. The van der Waals surface area contributed by atoms with E-state index in [1.807, 2.05) is 0 Å². The van der Waals surface area contributed by atoms with Crippen LogP contribution < -0.4 is 5.73 Å². The van der Waals surface area contributed by atoms with E-state index in [4.69, 9.17) is 10.8 Å². The summed E-state index contributed by atoms with van der Waals surface area (Å²) in [6.45, 7) is 0.256. The molecule has 0 spiro atoms. The molecule has 5 heteroatoms. The van der Waals surface area contributed by atoms with E-state index in [9.17, 15) is 9.59 Å². The molecule has 0 saturated heterocycles. The molecule has 5 nitrogen and oxygen atoms in total. The molecule has 86 valence electrons. The number of aliphatic carboxylic acids is 1. The number of hydrogen-bond donors (Lipinski definition) is 2. The first-order valence-electron chi connectivity index (χ1n) is 5.22. The molecular formula is C10H18N2O3. The minimum Gasteiger partial charge on any atom is -0.481 e. The van der Waals surface area contributed by atoms with Crippen molar-refractivity contribution < 1.29 is 14.7 Å². The maximum atomic E-state index is 11.6. The first-order valence-corrected chi connectivity index (χ1v) is 5.22. The van der Waals surface area contributed by atoms with Gasteiger partial charge in [0, 0.05) is 26.1 Å². The molecule has 1 atom stereocenters. The number of nitrogens with two attached hydrogens (primary N) is 1. The second kappa shape index (κ2) is 5.11. The van der Waals surface area contributed by atoms with E-state index >= 15 is 0 Å². The summed E-state index contributed by atoms with van der Waals surface area (Å²) >= 11 is 0. The zero-order chi connectivity index (χ0) is 11.4. The fourth-order valence-electron chi connectivity index (χ4n) is 1.44. The molecule has 1 amide bonds. The predicted octanol–water partition coefficient (Wildman–Crippen LogP) is 0.0469. The number of carboxylic acids is 1. The lowest BCUT2D eigenvalue weighted by Crippen LogP contribution is -2.35. The predicted molar refractivity (Wildman–Crippen MR) is 55.2 cm³/mol. The van der Waals surface area contributed by atoms with Gasteiger partial charge in [0.2, 0.25) is 5.91 Å². The summed E-state index contributed by atoms with van der Waals surface area (Å²) in [5.74, 6) is -0.446. The molecule has 0 aromatic heterocycles. The highest BCUT2D eigenvalue weighted by molar-refractivity contribution is 5.77. The fraction of sp³-hybridized carbons (Fsp3) is 0.800. The summed E-state index contributed by atoms with van der Waals surface area (Å²) in [5.41, 5.74) is 5.81. The normalized spacial score (nSPS) is 17.2. The van der Waals surface area contributed by atoms with Crippen LogP contribution in [0.2, 0.25) is 0 Å². The molecule has 1 saturated carbocycles. The van der Waals surface area contributed by atoms with Crippen molar-refractivity contribution in [2.24, 2.45) is 11.7 Å². The highest BCUT2D eigenvalue weighted by Gasteiger charge is 2.30. The van der Waals surface area contributed by atoms with Crippen LogP contribution >= 0.6 is 0 Å². The molecule has 1 aliphatic rings. The van der Waals surface area contributed by atoms with E-state index in [0.29, 0.717) is 12.3 Å². The van der Waals surface area contributed by atoms with Crippen molar-refractivity contribution in [1.29, 1.82) is 0 Å². The Balaban J connectivity index is 2.22. The Morgan fingerprint density at radius 3 is 2.60 bits per heavy atom. The van der Waals surface area contributed by atoms with E-state index in [0.717, 1.165) is 12.8 Å². The summed E-state index contributed by atoms with van der Waals surface area (Å²) in [7, 11) is 1.62. The van der Waals surface area contributed by atoms with Crippen LogP contribution in [0.1, 0.15) is 25.7 Å². The second-order valence-corrected chi connectivity index (χ2v) is 4.16. The van der Waals surface area contributed by atoms with Gasteiger partial charge in [-0.05, 0) is 18.8 Å². The molecule has 0 heterocycles. The Morgan fingerprint density at radius 1 is 1.53 bits per heavy atom. The van der Waals surface area contributed by atoms with Crippen LogP contribution in [0.25, 0.3) is 0 Å². The Bertz CT molecular complexity index is 251.